The van der Waals surface area contributed by atoms with Gasteiger partial charge in [-0.1, -0.05) is 26.0 Å². The zero-order valence-electron chi connectivity index (χ0n) is 15.5. The number of hydrogen-bond acceptors (Lipinski definition) is 5. The van der Waals surface area contributed by atoms with Crippen molar-refractivity contribution in [1.82, 2.24) is 4.72 Å². The van der Waals surface area contributed by atoms with E-state index >= 15 is 0 Å². The largest absolute Gasteiger partial charge is 0.379 e. The van der Waals surface area contributed by atoms with Crippen LogP contribution in [0.5, 0.6) is 5.75 Å². The van der Waals surface area contributed by atoms with Crippen LogP contribution in [-0.2, 0) is 20.1 Å². The molecule has 27 heavy (non-hydrogen) atoms. The van der Waals surface area contributed by atoms with Crippen molar-refractivity contribution in [2.75, 3.05) is 0 Å². The molecular formula is C19H23NO5S2. The standard InChI is InChI=1S/C19H23NO5S2/c1-13(2)18-11-4-14(3)12-19(18)25-27(23,24)17-9-7-16(8-10-17)26(21,22)20-15-5-6-15/h4,7-13,15,20H,5-6H2,1-3H3. The van der Waals surface area contributed by atoms with Crippen molar-refractivity contribution >= 4 is 20.1 Å². The molecule has 0 aliphatic heterocycles. The highest BCUT2D eigenvalue weighted by Gasteiger charge is 2.28. The van der Waals surface area contributed by atoms with Gasteiger partial charge in [-0.25, -0.2) is 13.1 Å². The number of rotatable bonds is 7. The molecule has 0 aromatic heterocycles. The van der Waals surface area contributed by atoms with Crippen LogP contribution in [0.25, 0.3) is 0 Å². The molecule has 0 bridgehead atoms. The van der Waals surface area contributed by atoms with Crippen molar-refractivity contribution in [3.8, 4) is 5.75 Å². The molecule has 6 nitrogen and oxygen atoms in total. The average molecular weight is 410 g/mol. The summed E-state index contributed by atoms with van der Waals surface area (Å²) in [5, 5.41) is 0. The predicted molar refractivity (Wildman–Crippen MR) is 103 cm³/mol. The van der Waals surface area contributed by atoms with E-state index in [1.54, 1.807) is 6.07 Å². The van der Waals surface area contributed by atoms with Gasteiger partial charge in [0.15, 0.2) is 0 Å². The van der Waals surface area contributed by atoms with Gasteiger partial charge in [-0.2, -0.15) is 8.42 Å². The Morgan fingerprint density at radius 3 is 2.11 bits per heavy atom. The zero-order chi connectivity index (χ0) is 19.8. The third-order valence-corrected chi connectivity index (χ3v) is 7.10. The van der Waals surface area contributed by atoms with Crippen LogP contribution in [0.3, 0.4) is 0 Å². The van der Waals surface area contributed by atoms with Crippen LogP contribution in [0.4, 0.5) is 0 Å². The van der Waals surface area contributed by atoms with Crippen molar-refractivity contribution in [3.63, 3.8) is 0 Å². The van der Waals surface area contributed by atoms with E-state index in [4.69, 9.17) is 4.18 Å². The third kappa shape index (κ3) is 4.69. The molecule has 2 aromatic rings. The second-order valence-corrected chi connectivity index (χ2v) is 10.4. The van der Waals surface area contributed by atoms with E-state index in [0.29, 0.717) is 0 Å². The van der Waals surface area contributed by atoms with Gasteiger partial charge >= 0.3 is 10.1 Å². The van der Waals surface area contributed by atoms with Gasteiger partial charge in [0, 0.05) is 6.04 Å². The molecule has 1 saturated carbocycles. The monoisotopic (exact) mass is 409 g/mol. The van der Waals surface area contributed by atoms with Crippen LogP contribution >= 0.6 is 0 Å². The smallest absolute Gasteiger partial charge is 0.339 e. The van der Waals surface area contributed by atoms with Crippen LogP contribution in [0.2, 0.25) is 0 Å². The Hall–Kier alpha value is -1.90. The van der Waals surface area contributed by atoms with Crippen LogP contribution in [0, 0.1) is 6.92 Å². The summed E-state index contributed by atoms with van der Waals surface area (Å²) in [7, 11) is -7.70. The summed E-state index contributed by atoms with van der Waals surface area (Å²) >= 11 is 0. The van der Waals surface area contributed by atoms with Gasteiger partial charge in [0.05, 0.1) is 4.90 Å². The second kappa shape index (κ2) is 7.26. The minimum atomic E-state index is -4.07. The Bertz CT molecular complexity index is 1040. The average Bonchev–Trinajstić information content (AvgIpc) is 3.37. The van der Waals surface area contributed by atoms with E-state index in [9.17, 15) is 16.8 Å². The van der Waals surface area contributed by atoms with Crippen molar-refractivity contribution in [1.29, 1.82) is 0 Å². The summed E-state index contributed by atoms with van der Waals surface area (Å²) in [4.78, 5) is -0.0594. The van der Waals surface area contributed by atoms with Gasteiger partial charge in [-0.05, 0) is 67.1 Å². The first-order valence-corrected chi connectivity index (χ1v) is 11.6. The summed E-state index contributed by atoms with van der Waals surface area (Å²) in [6, 6.07) is 10.5. The fourth-order valence-electron chi connectivity index (χ4n) is 2.63. The normalized spacial score (nSPS) is 15.1. The molecule has 1 aliphatic rings. The molecule has 146 valence electrons. The van der Waals surface area contributed by atoms with Crippen molar-refractivity contribution in [2.24, 2.45) is 0 Å². The first kappa shape index (κ1) is 19.9. The fourth-order valence-corrected chi connectivity index (χ4v) is 4.88. The van der Waals surface area contributed by atoms with Crippen molar-refractivity contribution in [2.45, 2.75) is 55.4 Å². The lowest BCUT2D eigenvalue weighted by molar-refractivity contribution is 0.481. The minimum absolute atomic E-state index is 0.0162. The quantitative estimate of drug-likeness (QED) is 0.709. The summed E-state index contributed by atoms with van der Waals surface area (Å²) in [6.45, 7) is 5.77. The highest BCUT2D eigenvalue weighted by molar-refractivity contribution is 7.89. The van der Waals surface area contributed by atoms with Gasteiger partial charge in [0.1, 0.15) is 10.6 Å². The number of benzene rings is 2. The number of hydrogen-bond donors (Lipinski definition) is 1. The molecule has 1 aliphatic carbocycles. The van der Waals surface area contributed by atoms with Crippen molar-refractivity contribution in [3.05, 3.63) is 53.6 Å². The Kier molecular flexibility index (Phi) is 5.33. The topological polar surface area (TPSA) is 89.5 Å². The Morgan fingerprint density at radius 2 is 1.56 bits per heavy atom. The Balaban J connectivity index is 1.86. The maximum Gasteiger partial charge on any atom is 0.339 e. The second-order valence-electron chi connectivity index (χ2n) is 7.10. The van der Waals surface area contributed by atoms with Gasteiger partial charge < -0.3 is 4.18 Å². The van der Waals surface area contributed by atoms with Gasteiger partial charge in [0.25, 0.3) is 0 Å². The predicted octanol–water partition coefficient (Wildman–Crippen LogP) is 3.33. The molecule has 0 amide bonds. The molecule has 1 N–H and O–H groups in total. The van der Waals surface area contributed by atoms with Crippen LogP contribution in [-0.4, -0.2) is 22.9 Å². The van der Waals surface area contributed by atoms with Crippen molar-refractivity contribution < 1.29 is 21.0 Å². The summed E-state index contributed by atoms with van der Waals surface area (Å²) in [6.07, 6.45) is 1.66. The lowest BCUT2D eigenvalue weighted by atomic mass is 10.0. The maximum absolute atomic E-state index is 12.6. The maximum atomic E-state index is 12.6. The fraction of sp³-hybridized carbons (Fsp3) is 0.368. The molecular weight excluding hydrogens is 386 g/mol. The first-order chi connectivity index (χ1) is 12.6. The van der Waals surface area contributed by atoms with E-state index in [1.807, 2.05) is 32.9 Å². The van der Waals surface area contributed by atoms with E-state index in [0.717, 1.165) is 24.0 Å². The van der Waals surface area contributed by atoms with Gasteiger partial charge in [-0.15, -0.1) is 0 Å². The lowest BCUT2D eigenvalue weighted by Crippen LogP contribution is -2.25. The number of nitrogens with one attached hydrogen (secondary N) is 1. The molecule has 0 radical (unpaired) electrons. The molecule has 1 fully saturated rings. The number of aryl methyl sites for hydroxylation is 1. The molecule has 0 spiro atoms. The van der Waals surface area contributed by atoms with E-state index in [-0.39, 0.29) is 27.5 Å². The summed E-state index contributed by atoms with van der Waals surface area (Å²) in [5.41, 5.74) is 1.68. The third-order valence-electron chi connectivity index (χ3n) is 4.31. The Labute approximate surface area is 160 Å². The molecule has 0 saturated heterocycles. The first-order valence-electron chi connectivity index (χ1n) is 8.76. The van der Waals surface area contributed by atoms with Crippen LogP contribution in [0.15, 0.2) is 52.3 Å². The molecule has 8 heteroatoms. The molecule has 0 atom stereocenters. The van der Waals surface area contributed by atoms with E-state index in [1.165, 1.54) is 24.3 Å². The summed E-state index contributed by atoms with van der Waals surface area (Å²) in [5.74, 6) is 0.383. The van der Waals surface area contributed by atoms with Gasteiger partial charge in [-0.3, -0.25) is 0 Å². The highest BCUT2D eigenvalue weighted by Crippen LogP contribution is 2.30. The molecule has 2 aromatic carbocycles. The highest BCUT2D eigenvalue weighted by atomic mass is 32.2. The SMILES string of the molecule is Cc1ccc(C(C)C)c(OS(=O)(=O)c2ccc(S(=O)(=O)NC3CC3)cc2)c1. The Morgan fingerprint density at radius 1 is 0.963 bits per heavy atom. The van der Waals surface area contributed by atoms with Crippen LogP contribution in [0.1, 0.15) is 43.7 Å². The summed E-state index contributed by atoms with van der Waals surface area (Å²) < 4.78 is 57.6. The lowest BCUT2D eigenvalue weighted by Gasteiger charge is -2.15. The zero-order valence-corrected chi connectivity index (χ0v) is 17.1. The molecule has 3 rings (SSSR count). The molecule has 0 unspecified atom stereocenters. The van der Waals surface area contributed by atoms with E-state index in [2.05, 4.69) is 4.72 Å². The van der Waals surface area contributed by atoms with E-state index < -0.39 is 20.1 Å². The number of sulfonamides is 1. The van der Waals surface area contributed by atoms with Gasteiger partial charge in [0.2, 0.25) is 10.0 Å². The minimum Gasteiger partial charge on any atom is -0.379 e. The molecule has 0 heterocycles. The van der Waals surface area contributed by atoms with Crippen LogP contribution < -0.4 is 8.91 Å².